The van der Waals surface area contributed by atoms with E-state index in [0.29, 0.717) is 23.2 Å². The van der Waals surface area contributed by atoms with Crippen molar-refractivity contribution in [3.63, 3.8) is 0 Å². The average Bonchev–Trinajstić information content (AvgIpc) is 2.98. The standard InChI is InChI=1S/C10H10N8/c1-17-4-3-11-10(17)8-12-5-7(14-15-8)9-16-13-6-18(9)2/h3-6H,1-2H3. The van der Waals surface area contributed by atoms with Gasteiger partial charge in [0.25, 0.3) is 0 Å². The van der Waals surface area contributed by atoms with Crippen LogP contribution in [-0.4, -0.2) is 39.5 Å². The van der Waals surface area contributed by atoms with Crippen molar-refractivity contribution in [3.05, 3.63) is 24.9 Å². The number of nitrogens with zero attached hydrogens (tertiary/aromatic N) is 8. The number of hydrogen-bond acceptors (Lipinski definition) is 6. The summed E-state index contributed by atoms with van der Waals surface area (Å²) in [6, 6.07) is 0. The molecule has 3 aromatic rings. The minimum Gasteiger partial charge on any atom is -0.331 e. The van der Waals surface area contributed by atoms with E-state index in [1.54, 1.807) is 23.3 Å². The van der Waals surface area contributed by atoms with Crippen LogP contribution in [0.5, 0.6) is 0 Å². The second kappa shape index (κ2) is 3.99. The van der Waals surface area contributed by atoms with Crippen molar-refractivity contribution in [2.45, 2.75) is 0 Å². The molecule has 8 nitrogen and oxygen atoms in total. The zero-order chi connectivity index (χ0) is 12.5. The Balaban J connectivity index is 2.00. The minimum atomic E-state index is 0.480. The fourth-order valence-corrected chi connectivity index (χ4v) is 1.58. The summed E-state index contributed by atoms with van der Waals surface area (Å²) in [5.74, 6) is 1.78. The first-order valence-electron chi connectivity index (χ1n) is 5.27. The van der Waals surface area contributed by atoms with Crippen LogP contribution in [0.25, 0.3) is 23.2 Å². The Morgan fingerprint density at radius 1 is 0.944 bits per heavy atom. The molecule has 0 aliphatic carbocycles. The van der Waals surface area contributed by atoms with E-state index in [1.807, 2.05) is 24.9 Å². The Labute approximate surface area is 102 Å². The largest absolute Gasteiger partial charge is 0.331 e. The monoisotopic (exact) mass is 242 g/mol. The lowest BCUT2D eigenvalue weighted by Gasteiger charge is -2.01. The maximum Gasteiger partial charge on any atom is 0.217 e. The van der Waals surface area contributed by atoms with Gasteiger partial charge in [-0.1, -0.05) is 0 Å². The Hall–Kier alpha value is -2.64. The van der Waals surface area contributed by atoms with Gasteiger partial charge in [0, 0.05) is 26.5 Å². The van der Waals surface area contributed by atoms with Gasteiger partial charge in [0.05, 0.1) is 6.20 Å². The molecule has 0 radical (unpaired) electrons. The van der Waals surface area contributed by atoms with E-state index in [9.17, 15) is 0 Å². The summed E-state index contributed by atoms with van der Waals surface area (Å²) in [7, 11) is 3.71. The fourth-order valence-electron chi connectivity index (χ4n) is 1.58. The third kappa shape index (κ3) is 1.63. The summed E-state index contributed by atoms with van der Waals surface area (Å²) in [5, 5.41) is 15.9. The van der Waals surface area contributed by atoms with Crippen molar-refractivity contribution in [2.24, 2.45) is 14.1 Å². The Bertz CT molecular complexity index is 606. The molecular formula is C10H10N8. The zero-order valence-electron chi connectivity index (χ0n) is 9.89. The second-order valence-corrected chi connectivity index (χ2v) is 3.79. The first-order chi connectivity index (χ1) is 8.75. The summed E-state index contributed by atoms with van der Waals surface area (Å²) in [6.45, 7) is 0. The minimum absolute atomic E-state index is 0.480. The van der Waals surface area contributed by atoms with Crippen molar-refractivity contribution < 1.29 is 0 Å². The van der Waals surface area contributed by atoms with Crippen LogP contribution in [0.1, 0.15) is 0 Å². The van der Waals surface area contributed by atoms with E-state index in [1.165, 1.54) is 0 Å². The molecule has 0 aromatic carbocycles. The summed E-state index contributed by atoms with van der Waals surface area (Å²) in [5.41, 5.74) is 0.577. The van der Waals surface area contributed by atoms with Crippen molar-refractivity contribution in [3.8, 4) is 23.2 Å². The van der Waals surface area contributed by atoms with Gasteiger partial charge >= 0.3 is 0 Å². The van der Waals surface area contributed by atoms with Gasteiger partial charge < -0.3 is 9.13 Å². The molecule has 3 rings (SSSR count). The molecule has 0 amide bonds. The molecule has 0 bridgehead atoms. The summed E-state index contributed by atoms with van der Waals surface area (Å²) >= 11 is 0. The van der Waals surface area contributed by atoms with Crippen LogP contribution in [0.3, 0.4) is 0 Å². The molecular weight excluding hydrogens is 232 g/mol. The molecule has 0 aliphatic rings. The molecule has 90 valence electrons. The predicted octanol–water partition coefficient (Wildman–Crippen LogP) is 0.0676. The van der Waals surface area contributed by atoms with Crippen LogP contribution in [0.4, 0.5) is 0 Å². The van der Waals surface area contributed by atoms with Crippen LogP contribution in [-0.2, 0) is 14.1 Å². The number of hydrogen-bond donors (Lipinski definition) is 0. The Morgan fingerprint density at radius 2 is 1.83 bits per heavy atom. The lowest BCUT2D eigenvalue weighted by Crippen LogP contribution is -2.01. The highest BCUT2D eigenvalue weighted by atomic mass is 15.3. The topological polar surface area (TPSA) is 87.2 Å². The first kappa shape index (κ1) is 10.5. The highest BCUT2D eigenvalue weighted by Crippen LogP contribution is 2.13. The predicted molar refractivity (Wildman–Crippen MR) is 62.0 cm³/mol. The van der Waals surface area contributed by atoms with Crippen LogP contribution in [0.15, 0.2) is 24.9 Å². The molecule has 0 N–H and O–H groups in total. The van der Waals surface area contributed by atoms with Gasteiger partial charge in [-0.15, -0.1) is 20.4 Å². The molecule has 0 unspecified atom stereocenters. The van der Waals surface area contributed by atoms with Gasteiger partial charge in [-0.25, -0.2) is 9.97 Å². The van der Waals surface area contributed by atoms with Gasteiger partial charge in [0.2, 0.25) is 5.82 Å². The fraction of sp³-hybridized carbons (Fsp3) is 0.200. The van der Waals surface area contributed by atoms with Gasteiger partial charge in [-0.3, -0.25) is 0 Å². The molecule has 3 heterocycles. The normalized spacial score (nSPS) is 10.8. The van der Waals surface area contributed by atoms with Crippen molar-refractivity contribution in [1.82, 2.24) is 39.5 Å². The maximum atomic E-state index is 4.24. The van der Waals surface area contributed by atoms with E-state index < -0.39 is 0 Å². The molecule has 0 saturated heterocycles. The molecule has 0 aliphatic heterocycles. The van der Waals surface area contributed by atoms with E-state index >= 15 is 0 Å². The van der Waals surface area contributed by atoms with Gasteiger partial charge in [-0.05, 0) is 0 Å². The highest BCUT2D eigenvalue weighted by Gasteiger charge is 2.11. The van der Waals surface area contributed by atoms with Crippen LogP contribution in [0.2, 0.25) is 0 Å². The molecule has 8 heteroatoms. The molecule has 0 atom stereocenters. The van der Waals surface area contributed by atoms with E-state index in [2.05, 4.69) is 30.4 Å². The van der Waals surface area contributed by atoms with Crippen molar-refractivity contribution >= 4 is 0 Å². The van der Waals surface area contributed by atoms with E-state index in [0.717, 1.165) is 0 Å². The van der Waals surface area contributed by atoms with Gasteiger partial charge in [0.1, 0.15) is 12.0 Å². The lowest BCUT2D eigenvalue weighted by atomic mass is 10.4. The molecule has 18 heavy (non-hydrogen) atoms. The molecule has 0 saturated carbocycles. The first-order valence-corrected chi connectivity index (χ1v) is 5.27. The SMILES string of the molecule is Cn1cnnc1-c1cnc(-c2nccn2C)nn1. The summed E-state index contributed by atoms with van der Waals surface area (Å²) in [4.78, 5) is 8.40. The van der Waals surface area contributed by atoms with Crippen LogP contribution in [0, 0.1) is 0 Å². The Morgan fingerprint density at radius 3 is 2.39 bits per heavy atom. The number of aromatic nitrogens is 8. The number of imidazole rings is 1. The average molecular weight is 242 g/mol. The quantitative estimate of drug-likeness (QED) is 0.631. The van der Waals surface area contributed by atoms with Crippen LogP contribution < -0.4 is 0 Å². The zero-order valence-corrected chi connectivity index (χ0v) is 9.89. The lowest BCUT2D eigenvalue weighted by molar-refractivity contribution is 0.867. The van der Waals surface area contributed by atoms with Crippen LogP contribution >= 0.6 is 0 Å². The van der Waals surface area contributed by atoms with Gasteiger partial charge in [0.15, 0.2) is 11.6 Å². The highest BCUT2D eigenvalue weighted by molar-refractivity contribution is 5.49. The number of rotatable bonds is 2. The second-order valence-electron chi connectivity index (χ2n) is 3.79. The van der Waals surface area contributed by atoms with Gasteiger partial charge in [-0.2, -0.15) is 0 Å². The summed E-state index contributed by atoms with van der Waals surface area (Å²) < 4.78 is 3.59. The smallest absolute Gasteiger partial charge is 0.217 e. The Kier molecular flexibility index (Phi) is 2.33. The summed E-state index contributed by atoms with van der Waals surface area (Å²) in [6.07, 6.45) is 6.73. The van der Waals surface area contributed by atoms with Crippen molar-refractivity contribution in [2.75, 3.05) is 0 Å². The molecule has 3 aromatic heterocycles. The third-order valence-corrected chi connectivity index (χ3v) is 2.52. The number of aryl methyl sites for hydroxylation is 2. The molecule has 0 fully saturated rings. The maximum absolute atomic E-state index is 4.24. The van der Waals surface area contributed by atoms with Crippen molar-refractivity contribution in [1.29, 1.82) is 0 Å². The van der Waals surface area contributed by atoms with E-state index in [-0.39, 0.29) is 0 Å². The molecule has 0 spiro atoms. The van der Waals surface area contributed by atoms with E-state index in [4.69, 9.17) is 0 Å². The third-order valence-electron chi connectivity index (χ3n) is 2.52.